The van der Waals surface area contributed by atoms with Crippen LogP contribution in [-0.4, -0.2) is 17.0 Å². The molecule has 3 heteroatoms. The molecule has 0 amide bonds. The van der Waals surface area contributed by atoms with Gasteiger partial charge in [0.25, 0.3) is 0 Å². The zero-order chi connectivity index (χ0) is 14.2. The number of nitrogens with two attached hydrogens (primary N) is 1. The van der Waals surface area contributed by atoms with Crippen molar-refractivity contribution < 1.29 is 0 Å². The molecule has 1 saturated carbocycles. The van der Waals surface area contributed by atoms with E-state index in [-0.39, 0.29) is 0 Å². The predicted molar refractivity (Wildman–Crippen MR) is 90.0 cm³/mol. The zero-order valence-corrected chi connectivity index (χ0v) is 13.4. The van der Waals surface area contributed by atoms with Gasteiger partial charge in [0, 0.05) is 17.0 Å². The van der Waals surface area contributed by atoms with Crippen LogP contribution in [-0.2, 0) is 12.8 Å². The molecule has 0 aromatic heterocycles. The predicted octanol–water partition coefficient (Wildman–Crippen LogP) is 3.69. The topological polar surface area (TPSA) is 38.0 Å². The maximum absolute atomic E-state index is 5.73. The van der Waals surface area contributed by atoms with Crippen molar-refractivity contribution in [3.05, 3.63) is 35.4 Å². The minimum atomic E-state index is 0.384. The lowest BCUT2D eigenvalue weighted by atomic mass is 10.0. The molecule has 0 saturated heterocycles. The molecular formula is C17H28N2S. The summed E-state index contributed by atoms with van der Waals surface area (Å²) in [5.41, 5.74) is 5.79. The van der Waals surface area contributed by atoms with Crippen LogP contribution in [0.1, 0.15) is 50.2 Å². The molecule has 1 atom stereocenters. The normalized spacial score (nSPS) is 18.1. The van der Waals surface area contributed by atoms with E-state index >= 15 is 0 Å². The minimum absolute atomic E-state index is 0.384. The highest BCUT2D eigenvalue weighted by Gasteiger charge is 2.16. The van der Waals surface area contributed by atoms with Crippen molar-refractivity contribution >= 4 is 11.8 Å². The molecule has 112 valence electrons. The summed E-state index contributed by atoms with van der Waals surface area (Å²) in [5.74, 6) is 6.85. The molecule has 1 unspecified atom stereocenters. The van der Waals surface area contributed by atoms with E-state index in [1.54, 1.807) is 0 Å². The number of hydrogen-bond donors (Lipinski definition) is 2. The van der Waals surface area contributed by atoms with Gasteiger partial charge in [-0.3, -0.25) is 11.3 Å². The average Bonchev–Trinajstić information content (AvgIpc) is 2.53. The number of rotatable bonds is 7. The van der Waals surface area contributed by atoms with Gasteiger partial charge in [-0.1, -0.05) is 50.5 Å². The summed E-state index contributed by atoms with van der Waals surface area (Å²) in [4.78, 5) is 0. The first-order valence-electron chi connectivity index (χ1n) is 7.97. The summed E-state index contributed by atoms with van der Waals surface area (Å²) in [7, 11) is 0. The number of hydrazine groups is 1. The number of hydrogen-bond acceptors (Lipinski definition) is 3. The van der Waals surface area contributed by atoms with E-state index in [2.05, 4.69) is 48.4 Å². The first-order chi connectivity index (χ1) is 9.81. The Balaban J connectivity index is 1.78. The molecule has 1 aromatic carbocycles. The average molecular weight is 292 g/mol. The van der Waals surface area contributed by atoms with Crippen molar-refractivity contribution in [2.45, 2.75) is 63.2 Å². The highest BCUT2D eigenvalue weighted by atomic mass is 32.2. The van der Waals surface area contributed by atoms with Crippen LogP contribution >= 0.6 is 11.8 Å². The Morgan fingerprint density at radius 1 is 1.15 bits per heavy atom. The molecule has 0 aliphatic heterocycles. The molecule has 2 rings (SSSR count). The van der Waals surface area contributed by atoms with Gasteiger partial charge < -0.3 is 0 Å². The molecule has 0 bridgehead atoms. The second-order valence-corrected chi connectivity index (χ2v) is 7.16. The fraction of sp³-hybridized carbons (Fsp3) is 0.647. The number of nitrogens with one attached hydrogen (secondary N) is 1. The van der Waals surface area contributed by atoms with Gasteiger partial charge in [-0.15, -0.1) is 0 Å². The van der Waals surface area contributed by atoms with Crippen molar-refractivity contribution in [1.29, 1.82) is 0 Å². The summed E-state index contributed by atoms with van der Waals surface area (Å²) in [6.07, 6.45) is 9.18. The van der Waals surface area contributed by atoms with Gasteiger partial charge in [0.2, 0.25) is 0 Å². The van der Waals surface area contributed by atoms with Crippen molar-refractivity contribution in [2.75, 3.05) is 5.75 Å². The number of benzene rings is 1. The molecule has 20 heavy (non-hydrogen) atoms. The summed E-state index contributed by atoms with van der Waals surface area (Å²) >= 11 is 2.11. The van der Waals surface area contributed by atoms with Gasteiger partial charge in [-0.2, -0.15) is 11.8 Å². The largest absolute Gasteiger partial charge is 0.271 e. The Hall–Kier alpha value is -0.510. The first-order valence-corrected chi connectivity index (χ1v) is 9.02. The SMILES string of the molecule is CCc1ccc(CC(CSC2CCCCC2)NN)cc1. The van der Waals surface area contributed by atoms with E-state index in [0.29, 0.717) is 6.04 Å². The monoisotopic (exact) mass is 292 g/mol. The summed E-state index contributed by atoms with van der Waals surface area (Å²) in [5, 5.41) is 0.863. The zero-order valence-electron chi connectivity index (χ0n) is 12.6. The smallest absolute Gasteiger partial charge is 0.0341 e. The minimum Gasteiger partial charge on any atom is -0.271 e. The van der Waals surface area contributed by atoms with Crippen molar-refractivity contribution in [3.8, 4) is 0 Å². The van der Waals surface area contributed by atoms with Crippen LogP contribution in [0.4, 0.5) is 0 Å². The molecule has 1 aliphatic rings. The Morgan fingerprint density at radius 3 is 2.40 bits per heavy atom. The van der Waals surface area contributed by atoms with E-state index in [9.17, 15) is 0 Å². The third-order valence-electron chi connectivity index (χ3n) is 4.23. The van der Waals surface area contributed by atoms with Gasteiger partial charge >= 0.3 is 0 Å². The van der Waals surface area contributed by atoms with Crippen molar-refractivity contribution in [1.82, 2.24) is 5.43 Å². The standard InChI is InChI=1S/C17H28N2S/c1-2-14-8-10-15(11-9-14)12-16(19-18)13-20-17-6-4-3-5-7-17/h8-11,16-17,19H,2-7,12-13,18H2,1H3. The van der Waals surface area contributed by atoms with Gasteiger partial charge in [0.1, 0.15) is 0 Å². The van der Waals surface area contributed by atoms with Crippen LogP contribution in [0.2, 0.25) is 0 Å². The van der Waals surface area contributed by atoms with Crippen LogP contribution < -0.4 is 11.3 Å². The maximum Gasteiger partial charge on any atom is 0.0341 e. The number of thioether (sulfide) groups is 1. The van der Waals surface area contributed by atoms with E-state index in [4.69, 9.17) is 5.84 Å². The van der Waals surface area contributed by atoms with Crippen LogP contribution in [0.15, 0.2) is 24.3 Å². The van der Waals surface area contributed by atoms with E-state index in [0.717, 1.165) is 23.8 Å². The van der Waals surface area contributed by atoms with Gasteiger partial charge in [-0.05, 0) is 36.8 Å². The van der Waals surface area contributed by atoms with Gasteiger partial charge in [-0.25, -0.2) is 0 Å². The molecule has 1 aliphatic carbocycles. The van der Waals surface area contributed by atoms with Crippen LogP contribution in [0.25, 0.3) is 0 Å². The molecular weight excluding hydrogens is 264 g/mol. The molecule has 0 radical (unpaired) electrons. The Morgan fingerprint density at radius 2 is 1.80 bits per heavy atom. The van der Waals surface area contributed by atoms with Gasteiger partial charge in [0.15, 0.2) is 0 Å². The van der Waals surface area contributed by atoms with E-state index in [1.165, 1.54) is 43.2 Å². The second kappa shape index (κ2) is 8.71. The molecule has 0 heterocycles. The molecule has 1 aromatic rings. The quantitative estimate of drug-likeness (QED) is 0.594. The maximum atomic E-state index is 5.73. The van der Waals surface area contributed by atoms with Crippen LogP contribution in [0.5, 0.6) is 0 Å². The Kier molecular flexibility index (Phi) is 6.91. The highest BCUT2D eigenvalue weighted by Crippen LogP contribution is 2.28. The molecule has 1 fully saturated rings. The summed E-state index contributed by atoms with van der Waals surface area (Å²) in [6, 6.07) is 9.34. The summed E-state index contributed by atoms with van der Waals surface area (Å²) in [6.45, 7) is 2.19. The molecule has 2 nitrogen and oxygen atoms in total. The third kappa shape index (κ3) is 5.12. The lowest BCUT2D eigenvalue weighted by Crippen LogP contribution is -2.39. The van der Waals surface area contributed by atoms with Crippen molar-refractivity contribution in [2.24, 2.45) is 5.84 Å². The Labute approximate surface area is 127 Å². The van der Waals surface area contributed by atoms with Gasteiger partial charge in [0.05, 0.1) is 0 Å². The fourth-order valence-corrected chi connectivity index (χ4v) is 4.23. The van der Waals surface area contributed by atoms with Crippen LogP contribution in [0, 0.1) is 0 Å². The lowest BCUT2D eigenvalue weighted by Gasteiger charge is -2.23. The Bertz CT molecular complexity index is 371. The van der Waals surface area contributed by atoms with Crippen LogP contribution in [0.3, 0.4) is 0 Å². The highest BCUT2D eigenvalue weighted by molar-refractivity contribution is 7.99. The molecule has 0 spiro atoms. The first kappa shape index (κ1) is 15.9. The van der Waals surface area contributed by atoms with E-state index < -0.39 is 0 Å². The fourth-order valence-electron chi connectivity index (χ4n) is 2.85. The van der Waals surface area contributed by atoms with E-state index in [1.807, 2.05) is 0 Å². The summed E-state index contributed by atoms with van der Waals surface area (Å²) < 4.78 is 0. The number of aryl methyl sites for hydroxylation is 1. The lowest BCUT2D eigenvalue weighted by molar-refractivity contribution is 0.513. The third-order valence-corrected chi connectivity index (χ3v) is 5.77. The second-order valence-electron chi connectivity index (χ2n) is 5.83. The van der Waals surface area contributed by atoms with Crippen molar-refractivity contribution in [3.63, 3.8) is 0 Å². The molecule has 3 N–H and O–H groups in total.